The predicted molar refractivity (Wildman–Crippen MR) is 82.0 cm³/mol. The summed E-state index contributed by atoms with van der Waals surface area (Å²) in [6, 6.07) is 0.221. The summed E-state index contributed by atoms with van der Waals surface area (Å²) in [5, 5.41) is 3.06. The van der Waals surface area contributed by atoms with Crippen molar-refractivity contribution in [2.24, 2.45) is 17.1 Å². The SMILES string of the molecule is CCCN(CC(=O)NC(C)C(C)C)CC(C)(C)CN. The Bertz CT molecular complexity index is 264. The maximum absolute atomic E-state index is 12.0. The second-order valence-electron chi connectivity index (χ2n) is 6.68. The molecule has 1 atom stereocenters. The fourth-order valence-electron chi connectivity index (χ4n) is 1.87. The van der Waals surface area contributed by atoms with Crippen molar-refractivity contribution >= 4 is 5.91 Å². The second kappa shape index (κ2) is 8.54. The van der Waals surface area contributed by atoms with Gasteiger partial charge in [0.25, 0.3) is 0 Å². The van der Waals surface area contributed by atoms with E-state index >= 15 is 0 Å². The van der Waals surface area contributed by atoms with Gasteiger partial charge in [0.1, 0.15) is 0 Å². The summed E-state index contributed by atoms with van der Waals surface area (Å²) in [6.07, 6.45) is 1.05. The number of amides is 1. The topological polar surface area (TPSA) is 58.4 Å². The quantitative estimate of drug-likeness (QED) is 0.673. The van der Waals surface area contributed by atoms with Crippen LogP contribution in [0.15, 0.2) is 0 Å². The van der Waals surface area contributed by atoms with E-state index in [9.17, 15) is 4.79 Å². The van der Waals surface area contributed by atoms with Crippen molar-refractivity contribution in [1.82, 2.24) is 10.2 Å². The summed E-state index contributed by atoms with van der Waals surface area (Å²) in [5.41, 5.74) is 5.83. The van der Waals surface area contributed by atoms with Gasteiger partial charge >= 0.3 is 0 Å². The minimum absolute atomic E-state index is 0.0547. The normalized spacial score (nSPS) is 13.9. The van der Waals surface area contributed by atoms with E-state index in [0.29, 0.717) is 19.0 Å². The van der Waals surface area contributed by atoms with Gasteiger partial charge < -0.3 is 11.1 Å². The number of hydrogen-bond acceptors (Lipinski definition) is 3. The zero-order chi connectivity index (χ0) is 15.1. The molecule has 0 bridgehead atoms. The van der Waals surface area contributed by atoms with E-state index in [2.05, 4.69) is 51.8 Å². The van der Waals surface area contributed by atoms with Gasteiger partial charge in [-0.1, -0.05) is 34.6 Å². The number of hydrogen-bond donors (Lipinski definition) is 2. The minimum Gasteiger partial charge on any atom is -0.352 e. The van der Waals surface area contributed by atoms with Gasteiger partial charge in [0.2, 0.25) is 5.91 Å². The minimum atomic E-state index is 0.0547. The fraction of sp³-hybridized carbons (Fsp3) is 0.933. The number of nitrogens with one attached hydrogen (secondary N) is 1. The molecule has 19 heavy (non-hydrogen) atoms. The Morgan fingerprint density at radius 1 is 1.32 bits per heavy atom. The zero-order valence-corrected chi connectivity index (χ0v) is 13.6. The fourth-order valence-corrected chi connectivity index (χ4v) is 1.87. The highest BCUT2D eigenvalue weighted by Crippen LogP contribution is 2.15. The van der Waals surface area contributed by atoms with Crippen LogP contribution in [0.25, 0.3) is 0 Å². The Labute approximate surface area is 119 Å². The lowest BCUT2D eigenvalue weighted by atomic mass is 9.93. The number of carbonyl (C=O) groups excluding carboxylic acids is 1. The van der Waals surface area contributed by atoms with Crippen LogP contribution in [0.5, 0.6) is 0 Å². The molecule has 1 unspecified atom stereocenters. The maximum Gasteiger partial charge on any atom is 0.234 e. The molecule has 0 saturated carbocycles. The molecule has 0 aliphatic carbocycles. The van der Waals surface area contributed by atoms with E-state index in [1.54, 1.807) is 0 Å². The highest BCUT2D eigenvalue weighted by molar-refractivity contribution is 5.78. The van der Waals surface area contributed by atoms with Crippen LogP contribution in [-0.2, 0) is 4.79 Å². The van der Waals surface area contributed by atoms with Gasteiger partial charge in [-0.05, 0) is 37.8 Å². The third kappa shape index (κ3) is 8.22. The number of rotatable bonds is 9. The van der Waals surface area contributed by atoms with Gasteiger partial charge in [0.05, 0.1) is 6.54 Å². The summed E-state index contributed by atoms with van der Waals surface area (Å²) in [5.74, 6) is 0.575. The van der Waals surface area contributed by atoms with Crippen molar-refractivity contribution in [3.63, 3.8) is 0 Å². The molecule has 0 fully saturated rings. The highest BCUT2D eigenvalue weighted by atomic mass is 16.2. The number of nitrogens with two attached hydrogens (primary N) is 1. The van der Waals surface area contributed by atoms with E-state index in [4.69, 9.17) is 5.73 Å². The predicted octanol–water partition coefficient (Wildman–Crippen LogP) is 1.84. The molecular weight excluding hydrogens is 238 g/mol. The Balaban J connectivity index is 4.37. The number of carbonyl (C=O) groups is 1. The van der Waals surface area contributed by atoms with Crippen molar-refractivity contribution < 1.29 is 4.79 Å². The molecule has 0 aromatic carbocycles. The first-order valence-corrected chi connectivity index (χ1v) is 7.43. The van der Waals surface area contributed by atoms with Crippen LogP contribution in [0.2, 0.25) is 0 Å². The first-order chi connectivity index (χ1) is 8.71. The van der Waals surface area contributed by atoms with Gasteiger partial charge in [-0.2, -0.15) is 0 Å². The van der Waals surface area contributed by atoms with Gasteiger partial charge in [-0.15, -0.1) is 0 Å². The lowest BCUT2D eigenvalue weighted by Gasteiger charge is -2.31. The Hall–Kier alpha value is -0.610. The highest BCUT2D eigenvalue weighted by Gasteiger charge is 2.22. The molecule has 0 spiro atoms. The van der Waals surface area contributed by atoms with E-state index in [0.717, 1.165) is 19.5 Å². The van der Waals surface area contributed by atoms with Crippen molar-refractivity contribution in [3.05, 3.63) is 0 Å². The third-order valence-corrected chi connectivity index (χ3v) is 3.50. The van der Waals surface area contributed by atoms with Crippen molar-refractivity contribution in [1.29, 1.82) is 0 Å². The van der Waals surface area contributed by atoms with Gasteiger partial charge in [-0.3, -0.25) is 9.69 Å². The molecule has 114 valence electrons. The molecule has 0 radical (unpaired) electrons. The van der Waals surface area contributed by atoms with Crippen LogP contribution in [0.4, 0.5) is 0 Å². The monoisotopic (exact) mass is 271 g/mol. The van der Waals surface area contributed by atoms with Crippen LogP contribution >= 0.6 is 0 Å². The summed E-state index contributed by atoms with van der Waals surface area (Å²) < 4.78 is 0. The Kier molecular flexibility index (Phi) is 8.26. The van der Waals surface area contributed by atoms with Gasteiger partial charge in [0.15, 0.2) is 0 Å². The molecule has 0 aromatic rings. The molecule has 0 rings (SSSR count). The molecule has 4 nitrogen and oxygen atoms in total. The van der Waals surface area contributed by atoms with Crippen molar-refractivity contribution in [2.45, 2.75) is 54.0 Å². The van der Waals surface area contributed by atoms with Crippen LogP contribution in [0.1, 0.15) is 48.0 Å². The maximum atomic E-state index is 12.0. The smallest absolute Gasteiger partial charge is 0.234 e. The molecular formula is C15H33N3O. The van der Waals surface area contributed by atoms with Gasteiger partial charge in [0, 0.05) is 12.6 Å². The standard InChI is InChI=1S/C15H33N3O/c1-7-8-18(11-15(5,6)10-16)9-14(19)17-13(4)12(2)3/h12-13H,7-11,16H2,1-6H3,(H,17,19). The molecule has 0 aromatic heterocycles. The molecule has 0 saturated heterocycles. The molecule has 0 heterocycles. The summed E-state index contributed by atoms with van der Waals surface area (Å²) in [7, 11) is 0. The number of nitrogens with zero attached hydrogens (tertiary/aromatic N) is 1. The largest absolute Gasteiger partial charge is 0.352 e. The first-order valence-electron chi connectivity index (χ1n) is 7.43. The van der Waals surface area contributed by atoms with Crippen LogP contribution < -0.4 is 11.1 Å². The average Bonchev–Trinajstić information content (AvgIpc) is 2.28. The Morgan fingerprint density at radius 3 is 2.32 bits per heavy atom. The average molecular weight is 271 g/mol. The van der Waals surface area contributed by atoms with E-state index in [1.807, 2.05) is 0 Å². The van der Waals surface area contributed by atoms with Crippen molar-refractivity contribution in [3.8, 4) is 0 Å². The van der Waals surface area contributed by atoms with Crippen molar-refractivity contribution in [2.75, 3.05) is 26.2 Å². The van der Waals surface area contributed by atoms with Crippen LogP contribution in [0, 0.1) is 11.3 Å². The van der Waals surface area contributed by atoms with Crippen LogP contribution in [0.3, 0.4) is 0 Å². The van der Waals surface area contributed by atoms with E-state index in [-0.39, 0.29) is 17.4 Å². The van der Waals surface area contributed by atoms with Gasteiger partial charge in [-0.25, -0.2) is 0 Å². The van der Waals surface area contributed by atoms with E-state index in [1.165, 1.54) is 0 Å². The second-order valence-corrected chi connectivity index (χ2v) is 6.68. The molecule has 0 aliphatic heterocycles. The molecule has 3 N–H and O–H groups in total. The zero-order valence-electron chi connectivity index (χ0n) is 13.6. The summed E-state index contributed by atoms with van der Waals surface area (Å²) >= 11 is 0. The molecule has 0 aliphatic rings. The summed E-state index contributed by atoms with van der Waals surface area (Å²) in [4.78, 5) is 14.2. The lowest BCUT2D eigenvalue weighted by Crippen LogP contribution is -2.46. The van der Waals surface area contributed by atoms with Crippen LogP contribution in [-0.4, -0.2) is 43.0 Å². The molecule has 1 amide bonds. The Morgan fingerprint density at radius 2 is 1.89 bits per heavy atom. The first kappa shape index (κ1) is 18.4. The lowest BCUT2D eigenvalue weighted by molar-refractivity contribution is -0.123. The summed E-state index contributed by atoms with van der Waals surface area (Å²) in [6.45, 7) is 15.6. The third-order valence-electron chi connectivity index (χ3n) is 3.50. The molecule has 4 heteroatoms. The van der Waals surface area contributed by atoms with E-state index < -0.39 is 0 Å².